The van der Waals surface area contributed by atoms with Crippen molar-refractivity contribution in [1.29, 1.82) is 0 Å². The summed E-state index contributed by atoms with van der Waals surface area (Å²) in [6.45, 7) is 4.49. The van der Waals surface area contributed by atoms with E-state index in [0.717, 1.165) is 24.2 Å². The van der Waals surface area contributed by atoms with Crippen LogP contribution in [0.2, 0.25) is 0 Å². The molecule has 0 aliphatic heterocycles. The smallest absolute Gasteiger partial charge is 0.194 e. The minimum Gasteiger partial charge on any atom is -0.383 e. The van der Waals surface area contributed by atoms with Gasteiger partial charge in [-0.25, -0.2) is 4.99 Å². The first-order chi connectivity index (χ1) is 11.5. The van der Waals surface area contributed by atoms with E-state index in [4.69, 9.17) is 9.73 Å². The first-order valence-corrected chi connectivity index (χ1v) is 7.96. The molecule has 0 unspecified atom stereocenters. The van der Waals surface area contributed by atoms with Gasteiger partial charge in [0.05, 0.1) is 13.2 Å². The molecule has 0 fully saturated rings. The van der Waals surface area contributed by atoms with Crippen LogP contribution in [0.1, 0.15) is 17.3 Å². The van der Waals surface area contributed by atoms with Crippen LogP contribution >= 0.6 is 24.0 Å². The summed E-state index contributed by atoms with van der Waals surface area (Å²) in [7, 11) is 7.70. The Morgan fingerprint density at radius 1 is 1.36 bits per heavy atom. The Hall–Kier alpha value is -1.62. The number of methoxy groups -OCH3 is 1. The van der Waals surface area contributed by atoms with E-state index < -0.39 is 0 Å². The van der Waals surface area contributed by atoms with Crippen LogP contribution in [0.25, 0.3) is 0 Å². The van der Waals surface area contributed by atoms with Crippen molar-refractivity contribution in [2.24, 2.45) is 19.1 Å². The summed E-state index contributed by atoms with van der Waals surface area (Å²) in [6.07, 6.45) is 2.04. The van der Waals surface area contributed by atoms with Gasteiger partial charge in [0.15, 0.2) is 11.8 Å². The van der Waals surface area contributed by atoms with Crippen molar-refractivity contribution < 1.29 is 4.74 Å². The molecular formula is C16H28IN7O. The molecule has 0 amide bonds. The fraction of sp³-hybridized carbons (Fsp3) is 0.562. The zero-order chi connectivity index (χ0) is 17.5. The Balaban J connectivity index is 0.00000312. The summed E-state index contributed by atoms with van der Waals surface area (Å²) < 4.78 is 9.17. The van der Waals surface area contributed by atoms with E-state index in [9.17, 15) is 0 Å². The largest absolute Gasteiger partial charge is 0.383 e. The predicted octanol–water partition coefficient (Wildman–Crippen LogP) is 1.30. The standard InChI is InChI=1S/C16H27N7O.HI/c1-13-19-20-15(23(13)4)11-18-16(17-8-10-24-5)22(3)12-14-7-6-9-21(14)2;/h6-7,9H,8,10-12H2,1-5H3,(H,17,18);1H. The van der Waals surface area contributed by atoms with Crippen molar-refractivity contribution in [2.75, 3.05) is 27.3 Å². The lowest BCUT2D eigenvalue weighted by molar-refractivity contribution is 0.202. The Labute approximate surface area is 166 Å². The molecule has 25 heavy (non-hydrogen) atoms. The van der Waals surface area contributed by atoms with Gasteiger partial charge in [0.2, 0.25) is 0 Å². The summed E-state index contributed by atoms with van der Waals surface area (Å²) >= 11 is 0. The monoisotopic (exact) mass is 461 g/mol. The van der Waals surface area contributed by atoms with Crippen molar-refractivity contribution >= 4 is 29.9 Å². The van der Waals surface area contributed by atoms with Crippen LogP contribution in [-0.2, 0) is 31.9 Å². The summed E-state index contributed by atoms with van der Waals surface area (Å²) in [5.74, 6) is 2.53. The van der Waals surface area contributed by atoms with Crippen molar-refractivity contribution in [3.63, 3.8) is 0 Å². The normalized spacial score (nSPS) is 11.3. The van der Waals surface area contributed by atoms with Crippen LogP contribution in [0, 0.1) is 6.92 Å². The van der Waals surface area contributed by atoms with E-state index in [1.807, 2.05) is 44.9 Å². The molecule has 2 heterocycles. The molecule has 0 aliphatic carbocycles. The van der Waals surface area contributed by atoms with Crippen molar-refractivity contribution in [3.8, 4) is 0 Å². The van der Waals surface area contributed by atoms with Gasteiger partial charge in [-0.05, 0) is 19.1 Å². The highest BCUT2D eigenvalue weighted by Crippen LogP contribution is 2.05. The molecule has 140 valence electrons. The molecule has 0 aromatic carbocycles. The van der Waals surface area contributed by atoms with Gasteiger partial charge >= 0.3 is 0 Å². The molecule has 0 bridgehead atoms. The molecule has 0 aliphatic rings. The maximum Gasteiger partial charge on any atom is 0.194 e. The Morgan fingerprint density at radius 2 is 2.12 bits per heavy atom. The topological polar surface area (TPSA) is 72.5 Å². The van der Waals surface area contributed by atoms with Crippen LogP contribution in [0.4, 0.5) is 0 Å². The average Bonchev–Trinajstić information content (AvgIpc) is 3.10. The second kappa shape index (κ2) is 10.4. The second-order valence-corrected chi connectivity index (χ2v) is 5.75. The van der Waals surface area contributed by atoms with E-state index in [0.29, 0.717) is 19.7 Å². The van der Waals surface area contributed by atoms with E-state index in [1.165, 1.54) is 5.69 Å². The van der Waals surface area contributed by atoms with Gasteiger partial charge < -0.3 is 24.1 Å². The number of nitrogens with one attached hydrogen (secondary N) is 1. The fourth-order valence-corrected chi connectivity index (χ4v) is 2.29. The van der Waals surface area contributed by atoms with Gasteiger partial charge in [0, 0.05) is 46.7 Å². The van der Waals surface area contributed by atoms with Gasteiger partial charge in [0.25, 0.3) is 0 Å². The number of guanidine groups is 1. The maximum atomic E-state index is 5.12. The van der Waals surface area contributed by atoms with Crippen LogP contribution in [-0.4, -0.2) is 57.5 Å². The third kappa shape index (κ3) is 5.99. The zero-order valence-electron chi connectivity index (χ0n) is 15.6. The van der Waals surface area contributed by atoms with Crippen molar-refractivity contribution in [3.05, 3.63) is 35.7 Å². The van der Waals surface area contributed by atoms with Crippen molar-refractivity contribution in [2.45, 2.75) is 20.0 Å². The molecule has 2 rings (SSSR count). The summed E-state index contributed by atoms with van der Waals surface area (Å²) in [5, 5.41) is 11.6. The summed E-state index contributed by atoms with van der Waals surface area (Å²) in [4.78, 5) is 6.78. The molecule has 2 aromatic rings. The summed E-state index contributed by atoms with van der Waals surface area (Å²) in [6, 6.07) is 4.15. The molecule has 0 spiro atoms. The third-order valence-corrected chi connectivity index (χ3v) is 3.95. The highest BCUT2D eigenvalue weighted by Gasteiger charge is 2.10. The number of ether oxygens (including phenoxy) is 1. The number of aryl methyl sites for hydroxylation is 2. The first-order valence-electron chi connectivity index (χ1n) is 7.96. The SMILES string of the molecule is COCCNC(=NCc1nnc(C)n1C)N(C)Cc1cccn1C.I. The average molecular weight is 461 g/mol. The molecule has 0 radical (unpaired) electrons. The minimum atomic E-state index is 0. The van der Waals surface area contributed by atoms with Gasteiger partial charge in [-0.2, -0.15) is 0 Å². The summed E-state index contributed by atoms with van der Waals surface area (Å²) in [5.41, 5.74) is 1.22. The van der Waals surface area contributed by atoms with Crippen molar-refractivity contribution in [1.82, 2.24) is 29.5 Å². The molecule has 1 N–H and O–H groups in total. The number of nitrogens with zero attached hydrogens (tertiary/aromatic N) is 6. The predicted molar refractivity (Wildman–Crippen MR) is 109 cm³/mol. The second-order valence-electron chi connectivity index (χ2n) is 5.75. The number of hydrogen-bond acceptors (Lipinski definition) is 4. The fourth-order valence-electron chi connectivity index (χ4n) is 2.29. The molecule has 8 nitrogen and oxygen atoms in total. The van der Waals surface area contributed by atoms with Gasteiger partial charge in [-0.1, -0.05) is 0 Å². The lowest BCUT2D eigenvalue weighted by atomic mass is 10.4. The van der Waals surface area contributed by atoms with Gasteiger partial charge in [-0.3, -0.25) is 0 Å². The number of aromatic nitrogens is 4. The number of halogens is 1. The first kappa shape index (κ1) is 21.4. The Kier molecular flexibility index (Phi) is 8.90. The Bertz CT molecular complexity index is 680. The quantitative estimate of drug-likeness (QED) is 0.292. The molecular weight excluding hydrogens is 433 g/mol. The maximum absolute atomic E-state index is 5.12. The van der Waals surface area contributed by atoms with Gasteiger partial charge in [0.1, 0.15) is 12.4 Å². The van der Waals surface area contributed by atoms with E-state index >= 15 is 0 Å². The number of hydrogen-bond donors (Lipinski definition) is 1. The highest BCUT2D eigenvalue weighted by atomic mass is 127. The third-order valence-electron chi connectivity index (χ3n) is 3.95. The van der Waals surface area contributed by atoms with Crippen LogP contribution in [0.5, 0.6) is 0 Å². The van der Waals surface area contributed by atoms with Crippen LogP contribution in [0.3, 0.4) is 0 Å². The molecule has 0 saturated carbocycles. The Morgan fingerprint density at radius 3 is 2.68 bits per heavy atom. The molecule has 9 heteroatoms. The number of aliphatic imine (C=N–C) groups is 1. The zero-order valence-corrected chi connectivity index (χ0v) is 17.9. The van der Waals surface area contributed by atoms with Crippen LogP contribution in [0.15, 0.2) is 23.3 Å². The highest BCUT2D eigenvalue weighted by molar-refractivity contribution is 14.0. The van der Waals surface area contributed by atoms with E-state index in [1.54, 1.807) is 7.11 Å². The minimum absolute atomic E-state index is 0. The van der Waals surface area contributed by atoms with Gasteiger partial charge in [-0.15, -0.1) is 34.2 Å². The van der Waals surface area contributed by atoms with Crippen LogP contribution < -0.4 is 5.32 Å². The molecule has 0 saturated heterocycles. The lowest BCUT2D eigenvalue weighted by Crippen LogP contribution is -2.40. The molecule has 0 atom stereocenters. The van der Waals surface area contributed by atoms with E-state index in [2.05, 4.69) is 31.0 Å². The lowest BCUT2D eigenvalue weighted by Gasteiger charge is -2.22. The number of rotatable bonds is 7. The molecule has 2 aromatic heterocycles. The van der Waals surface area contributed by atoms with E-state index in [-0.39, 0.29) is 24.0 Å².